The van der Waals surface area contributed by atoms with Gasteiger partial charge in [0.1, 0.15) is 11.8 Å². The Labute approximate surface area is 182 Å². The molecule has 0 saturated heterocycles. The summed E-state index contributed by atoms with van der Waals surface area (Å²) in [4.78, 5) is 12.9. The van der Waals surface area contributed by atoms with Gasteiger partial charge in [0.15, 0.2) is 11.5 Å². The molecule has 31 heavy (non-hydrogen) atoms. The second kappa shape index (κ2) is 9.57. The molecule has 0 fully saturated rings. The summed E-state index contributed by atoms with van der Waals surface area (Å²) >= 11 is 0. The van der Waals surface area contributed by atoms with Crippen LogP contribution in [0.25, 0.3) is 0 Å². The largest absolute Gasteiger partial charge is 0.508 e. The number of aromatic hydroxyl groups is 1. The number of rotatable bonds is 7. The van der Waals surface area contributed by atoms with Gasteiger partial charge in [-0.3, -0.25) is 4.79 Å². The smallest absolute Gasteiger partial charge is 0.241 e. The van der Waals surface area contributed by atoms with Crippen LogP contribution in [-0.4, -0.2) is 38.7 Å². The van der Waals surface area contributed by atoms with Crippen LogP contribution in [0, 0.1) is 5.92 Å². The third-order valence-electron chi connectivity index (χ3n) is 4.99. The van der Waals surface area contributed by atoms with Crippen LogP contribution in [-0.2, 0) is 14.8 Å². The molecule has 2 aromatic carbocycles. The zero-order valence-electron chi connectivity index (χ0n) is 17.8. The highest BCUT2D eigenvalue weighted by atomic mass is 32.2. The number of amides is 1. The summed E-state index contributed by atoms with van der Waals surface area (Å²) in [5.74, 6) is 0.197. The van der Waals surface area contributed by atoms with E-state index in [0.29, 0.717) is 36.7 Å². The van der Waals surface area contributed by atoms with Gasteiger partial charge in [-0.1, -0.05) is 26.0 Å². The van der Waals surface area contributed by atoms with E-state index in [1.54, 1.807) is 51.1 Å². The first-order valence-electron chi connectivity index (χ1n) is 10.2. The molecule has 0 radical (unpaired) electrons. The van der Waals surface area contributed by atoms with Gasteiger partial charge in [-0.2, -0.15) is 4.72 Å². The van der Waals surface area contributed by atoms with Crippen molar-refractivity contribution in [3.63, 3.8) is 0 Å². The first-order valence-corrected chi connectivity index (χ1v) is 11.7. The molecule has 2 aromatic rings. The van der Waals surface area contributed by atoms with Gasteiger partial charge < -0.3 is 19.9 Å². The Kier molecular flexibility index (Phi) is 7.07. The number of hydrogen-bond acceptors (Lipinski definition) is 6. The van der Waals surface area contributed by atoms with Gasteiger partial charge in [-0.25, -0.2) is 8.42 Å². The van der Waals surface area contributed by atoms with Crippen LogP contribution in [0.4, 0.5) is 0 Å². The molecule has 1 aliphatic heterocycles. The van der Waals surface area contributed by atoms with E-state index in [-0.39, 0.29) is 16.6 Å². The molecule has 0 bridgehead atoms. The van der Waals surface area contributed by atoms with E-state index < -0.39 is 28.0 Å². The fourth-order valence-corrected chi connectivity index (χ4v) is 4.58. The maximum absolute atomic E-state index is 13.0. The summed E-state index contributed by atoms with van der Waals surface area (Å²) in [5.41, 5.74) is 0.710. The molecule has 0 saturated carbocycles. The van der Waals surface area contributed by atoms with Crippen molar-refractivity contribution in [3.8, 4) is 17.2 Å². The molecule has 0 aliphatic carbocycles. The fraction of sp³-hybridized carbons (Fsp3) is 0.409. The normalized spacial score (nSPS) is 15.7. The Morgan fingerprint density at radius 2 is 1.74 bits per heavy atom. The van der Waals surface area contributed by atoms with Crippen LogP contribution >= 0.6 is 0 Å². The lowest BCUT2D eigenvalue weighted by molar-refractivity contribution is -0.124. The Balaban J connectivity index is 1.77. The standard InChI is InChI=1S/C22H28N2O6S/c1-14(2)21(22(26)23-15(3)16-6-4-7-17(25)12-16)24-31(27,28)18-8-9-19-20(13-18)30-11-5-10-29-19/h4,6-9,12-15,21,24-25H,5,10-11H2,1-3H3,(H,23,26). The van der Waals surface area contributed by atoms with Crippen molar-refractivity contribution in [1.29, 1.82) is 0 Å². The average molecular weight is 449 g/mol. The maximum atomic E-state index is 13.0. The van der Waals surface area contributed by atoms with E-state index in [2.05, 4.69) is 10.0 Å². The van der Waals surface area contributed by atoms with Crippen molar-refractivity contribution >= 4 is 15.9 Å². The molecule has 168 valence electrons. The lowest BCUT2D eigenvalue weighted by Crippen LogP contribution is -2.50. The number of sulfonamides is 1. The highest BCUT2D eigenvalue weighted by Crippen LogP contribution is 2.32. The minimum absolute atomic E-state index is 0.00349. The number of phenols is 1. The lowest BCUT2D eigenvalue weighted by Gasteiger charge is -2.24. The van der Waals surface area contributed by atoms with Gasteiger partial charge in [-0.05, 0) is 42.7 Å². The van der Waals surface area contributed by atoms with Crippen molar-refractivity contribution in [3.05, 3.63) is 48.0 Å². The molecule has 2 unspecified atom stereocenters. The molecule has 3 N–H and O–H groups in total. The zero-order chi connectivity index (χ0) is 22.6. The van der Waals surface area contributed by atoms with Crippen LogP contribution in [0.1, 0.15) is 38.8 Å². The molecule has 0 spiro atoms. The van der Waals surface area contributed by atoms with Crippen molar-refractivity contribution in [2.75, 3.05) is 13.2 Å². The minimum atomic E-state index is -3.99. The Morgan fingerprint density at radius 1 is 1.03 bits per heavy atom. The zero-order valence-corrected chi connectivity index (χ0v) is 18.6. The quantitative estimate of drug-likeness (QED) is 0.600. The first-order chi connectivity index (χ1) is 14.7. The topological polar surface area (TPSA) is 114 Å². The van der Waals surface area contributed by atoms with E-state index in [9.17, 15) is 18.3 Å². The number of phenolic OH excluding ortho intramolecular Hbond substituents is 1. The number of carbonyl (C=O) groups excluding carboxylic acids is 1. The minimum Gasteiger partial charge on any atom is -0.508 e. The van der Waals surface area contributed by atoms with Gasteiger partial charge in [-0.15, -0.1) is 0 Å². The predicted octanol–water partition coefficient (Wildman–Crippen LogP) is 2.73. The fourth-order valence-electron chi connectivity index (χ4n) is 3.22. The van der Waals surface area contributed by atoms with E-state index in [1.807, 2.05) is 0 Å². The van der Waals surface area contributed by atoms with Crippen molar-refractivity contribution < 1.29 is 27.8 Å². The second-order valence-corrected chi connectivity index (χ2v) is 9.54. The molecular formula is C22H28N2O6S. The number of benzene rings is 2. The van der Waals surface area contributed by atoms with Crippen LogP contribution in [0.15, 0.2) is 47.4 Å². The average Bonchev–Trinajstić information content (AvgIpc) is 2.96. The Hall–Kier alpha value is -2.78. The summed E-state index contributed by atoms with van der Waals surface area (Å²) in [6.07, 6.45) is 0.710. The summed E-state index contributed by atoms with van der Waals surface area (Å²) in [5, 5.41) is 12.5. The number of fused-ring (bicyclic) bond motifs is 1. The van der Waals surface area contributed by atoms with Gasteiger partial charge in [0.05, 0.1) is 24.2 Å². The molecule has 9 heteroatoms. The number of nitrogens with one attached hydrogen (secondary N) is 2. The Morgan fingerprint density at radius 3 is 2.42 bits per heavy atom. The SMILES string of the molecule is CC(NC(=O)C(NS(=O)(=O)c1ccc2c(c1)OCCCO2)C(C)C)c1cccc(O)c1. The molecule has 1 aliphatic rings. The number of ether oxygens (including phenoxy) is 2. The molecule has 0 aromatic heterocycles. The van der Waals surface area contributed by atoms with Gasteiger partial charge in [0.2, 0.25) is 15.9 Å². The van der Waals surface area contributed by atoms with Crippen molar-refractivity contribution in [2.24, 2.45) is 5.92 Å². The molecule has 2 atom stereocenters. The number of hydrogen-bond donors (Lipinski definition) is 3. The summed E-state index contributed by atoms with van der Waals surface area (Å²) in [6, 6.07) is 9.55. The highest BCUT2D eigenvalue weighted by Gasteiger charge is 2.30. The highest BCUT2D eigenvalue weighted by molar-refractivity contribution is 7.89. The molecule has 8 nitrogen and oxygen atoms in total. The monoisotopic (exact) mass is 448 g/mol. The van der Waals surface area contributed by atoms with Crippen LogP contribution < -0.4 is 19.5 Å². The van der Waals surface area contributed by atoms with Crippen molar-refractivity contribution in [2.45, 2.75) is 44.2 Å². The van der Waals surface area contributed by atoms with Crippen LogP contribution in [0.2, 0.25) is 0 Å². The van der Waals surface area contributed by atoms with Gasteiger partial charge in [0, 0.05) is 12.5 Å². The first kappa shape index (κ1) is 22.9. The van der Waals surface area contributed by atoms with Gasteiger partial charge in [0.25, 0.3) is 0 Å². The summed E-state index contributed by atoms with van der Waals surface area (Å²) < 4.78 is 39.6. The molecule has 1 amide bonds. The van der Waals surface area contributed by atoms with E-state index in [0.717, 1.165) is 0 Å². The summed E-state index contributed by atoms with van der Waals surface area (Å²) in [6.45, 7) is 6.24. The van der Waals surface area contributed by atoms with Crippen molar-refractivity contribution in [1.82, 2.24) is 10.0 Å². The maximum Gasteiger partial charge on any atom is 0.241 e. The lowest BCUT2D eigenvalue weighted by atomic mass is 10.0. The van der Waals surface area contributed by atoms with E-state index in [1.165, 1.54) is 12.1 Å². The molecule has 1 heterocycles. The second-order valence-electron chi connectivity index (χ2n) is 7.83. The Bertz CT molecular complexity index is 1040. The van der Waals surface area contributed by atoms with Crippen LogP contribution in [0.5, 0.6) is 17.2 Å². The molecular weight excluding hydrogens is 420 g/mol. The van der Waals surface area contributed by atoms with Crippen LogP contribution in [0.3, 0.4) is 0 Å². The molecule has 3 rings (SSSR count). The van der Waals surface area contributed by atoms with E-state index in [4.69, 9.17) is 9.47 Å². The third kappa shape index (κ3) is 5.68. The van der Waals surface area contributed by atoms with Gasteiger partial charge >= 0.3 is 0 Å². The summed E-state index contributed by atoms with van der Waals surface area (Å²) in [7, 11) is -3.99. The third-order valence-corrected chi connectivity index (χ3v) is 6.43. The van der Waals surface area contributed by atoms with E-state index >= 15 is 0 Å². The predicted molar refractivity (Wildman–Crippen MR) is 116 cm³/mol. The number of carbonyl (C=O) groups is 1.